The van der Waals surface area contributed by atoms with Gasteiger partial charge in [-0.2, -0.15) is 0 Å². The zero-order valence-corrected chi connectivity index (χ0v) is 20.7. The third-order valence-corrected chi connectivity index (χ3v) is 6.63. The van der Waals surface area contributed by atoms with E-state index in [-0.39, 0.29) is 0 Å². The van der Waals surface area contributed by atoms with Gasteiger partial charge in [-0.3, -0.25) is 14.5 Å². The first-order valence-corrected chi connectivity index (χ1v) is 12.3. The summed E-state index contributed by atoms with van der Waals surface area (Å²) in [5.41, 5.74) is 6.66. The fourth-order valence-electron chi connectivity index (χ4n) is 4.95. The number of imidazole rings is 1. The predicted molar refractivity (Wildman–Crippen MR) is 155 cm³/mol. The number of pyridine rings is 2. The molecule has 3 aromatic heterocycles. The highest BCUT2D eigenvalue weighted by atomic mass is 16.3. The first kappa shape index (κ1) is 23.2. The van der Waals surface area contributed by atoms with Crippen molar-refractivity contribution < 1.29 is 0 Å². The molecule has 6 aromatic rings. The molecule has 38 heavy (non-hydrogen) atoms. The Balaban J connectivity index is 1.66. The number of anilines is 1. The van der Waals surface area contributed by atoms with E-state index in [0.29, 0.717) is 5.69 Å². The third kappa shape index (κ3) is 3.81. The molecule has 0 amide bonds. The maximum Gasteiger partial charge on any atom is 0.145 e. The van der Waals surface area contributed by atoms with Gasteiger partial charge in [-0.1, -0.05) is 12.2 Å². The van der Waals surface area contributed by atoms with Crippen LogP contribution in [0.3, 0.4) is 0 Å². The molecule has 0 atom stereocenters. The van der Waals surface area contributed by atoms with Crippen LogP contribution in [-0.2, 0) is 0 Å². The van der Waals surface area contributed by atoms with Crippen molar-refractivity contribution in [2.75, 3.05) is 18.0 Å². The second kappa shape index (κ2) is 9.71. The highest BCUT2D eigenvalue weighted by molar-refractivity contribution is 6.21. The van der Waals surface area contributed by atoms with E-state index in [4.69, 9.17) is 4.98 Å². The number of aromatic nitrogens is 4. The molecule has 0 unspecified atom stereocenters. The van der Waals surface area contributed by atoms with Gasteiger partial charge in [0.15, 0.2) is 0 Å². The van der Waals surface area contributed by atoms with E-state index < -0.39 is 0 Å². The maximum absolute atomic E-state index is 11.1. The van der Waals surface area contributed by atoms with Crippen molar-refractivity contribution in [1.29, 1.82) is 0 Å². The Hall–Kier alpha value is -5.17. The SMILES string of the molecule is C=CCN(CC=C)c1ccc(-c2nc3c4cccnc4c4ncccc4c3n2-c2ccc(N=O)cc2)cc1. The van der Waals surface area contributed by atoms with Gasteiger partial charge < -0.3 is 4.90 Å². The van der Waals surface area contributed by atoms with Gasteiger partial charge in [0.25, 0.3) is 0 Å². The first-order chi connectivity index (χ1) is 18.7. The van der Waals surface area contributed by atoms with E-state index in [0.717, 1.165) is 68.7 Å². The number of nitrogens with zero attached hydrogens (tertiary/aromatic N) is 6. The largest absolute Gasteiger partial charge is 0.364 e. The Morgan fingerprint density at radius 2 is 1.42 bits per heavy atom. The fraction of sp³-hybridized carbons (Fsp3) is 0.0645. The van der Waals surface area contributed by atoms with Crippen molar-refractivity contribution >= 4 is 44.2 Å². The molecule has 0 aliphatic heterocycles. The molecule has 3 aromatic carbocycles. The van der Waals surface area contributed by atoms with Crippen LogP contribution >= 0.6 is 0 Å². The summed E-state index contributed by atoms with van der Waals surface area (Å²) in [7, 11) is 0. The van der Waals surface area contributed by atoms with Crippen LogP contribution in [0.1, 0.15) is 0 Å². The number of nitroso groups, excluding NO2 is 1. The molecule has 7 nitrogen and oxygen atoms in total. The zero-order valence-electron chi connectivity index (χ0n) is 20.7. The average molecular weight is 497 g/mol. The minimum atomic E-state index is 0.370. The van der Waals surface area contributed by atoms with Gasteiger partial charge in [-0.25, -0.2) is 4.98 Å². The number of rotatable bonds is 8. The molecule has 0 aliphatic rings. The summed E-state index contributed by atoms with van der Waals surface area (Å²) in [4.78, 5) is 27.8. The summed E-state index contributed by atoms with van der Waals surface area (Å²) < 4.78 is 2.13. The molecule has 0 fully saturated rings. The zero-order chi connectivity index (χ0) is 26.1. The van der Waals surface area contributed by atoms with Gasteiger partial charge in [0.2, 0.25) is 0 Å². The lowest BCUT2D eigenvalue weighted by Crippen LogP contribution is -2.22. The van der Waals surface area contributed by atoms with Crippen molar-refractivity contribution in [2.45, 2.75) is 0 Å². The molecule has 0 saturated heterocycles. The predicted octanol–water partition coefficient (Wildman–Crippen LogP) is 7.37. The first-order valence-electron chi connectivity index (χ1n) is 12.3. The minimum Gasteiger partial charge on any atom is -0.364 e. The monoisotopic (exact) mass is 496 g/mol. The van der Waals surface area contributed by atoms with Crippen molar-refractivity contribution in [3.8, 4) is 17.1 Å². The van der Waals surface area contributed by atoms with Crippen LogP contribution in [0, 0.1) is 4.91 Å². The number of hydrogen-bond acceptors (Lipinski definition) is 6. The average Bonchev–Trinajstić information content (AvgIpc) is 3.38. The molecule has 184 valence electrons. The fourth-order valence-corrected chi connectivity index (χ4v) is 4.95. The van der Waals surface area contributed by atoms with Gasteiger partial charge in [-0.05, 0) is 78.0 Å². The second-order valence-electron chi connectivity index (χ2n) is 8.90. The van der Waals surface area contributed by atoms with Gasteiger partial charge in [-0.15, -0.1) is 18.1 Å². The lowest BCUT2D eigenvalue weighted by Gasteiger charge is -2.21. The van der Waals surface area contributed by atoms with Crippen LogP contribution in [0.4, 0.5) is 11.4 Å². The van der Waals surface area contributed by atoms with Crippen LogP contribution in [0.15, 0.2) is 116 Å². The van der Waals surface area contributed by atoms with Gasteiger partial charge >= 0.3 is 0 Å². The summed E-state index contributed by atoms with van der Waals surface area (Å²) >= 11 is 0. The van der Waals surface area contributed by atoms with E-state index >= 15 is 0 Å². The maximum atomic E-state index is 11.1. The number of benzene rings is 3. The third-order valence-electron chi connectivity index (χ3n) is 6.63. The van der Waals surface area contributed by atoms with Crippen molar-refractivity contribution in [3.63, 3.8) is 0 Å². The molecule has 0 saturated carbocycles. The van der Waals surface area contributed by atoms with Crippen molar-refractivity contribution in [2.24, 2.45) is 5.18 Å². The molecule has 0 N–H and O–H groups in total. The number of hydrogen-bond donors (Lipinski definition) is 0. The topological polar surface area (TPSA) is 76.3 Å². The van der Waals surface area contributed by atoms with Gasteiger partial charge in [0.1, 0.15) is 11.5 Å². The molecule has 3 heterocycles. The van der Waals surface area contributed by atoms with E-state index in [9.17, 15) is 4.91 Å². The molecule has 0 bridgehead atoms. The summed E-state index contributed by atoms with van der Waals surface area (Å²) in [6.07, 6.45) is 7.33. The highest BCUT2D eigenvalue weighted by Crippen LogP contribution is 2.38. The van der Waals surface area contributed by atoms with Crippen LogP contribution in [-0.4, -0.2) is 32.6 Å². The standard InChI is InChI=1S/C31H24N6O/c1-3-19-36(20-4-2)23-13-9-21(10-14-23)31-34-29-25-7-5-17-32-27(25)28-26(8-6-18-33-28)30(29)37(31)24-15-11-22(35-38)12-16-24/h3-18H,1-2,19-20H2. The van der Waals surface area contributed by atoms with Crippen LogP contribution < -0.4 is 4.90 Å². The van der Waals surface area contributed by atoms with Crippen LogP contribution in [0.25, 0.3) is 49.9 Å². The number of fused-ring (bicyclic) bond motifs is 6. The molecule has 6 rings (SSSR count). The summed E-state index contributed by atoms with van der Waals surface area (Å²) in [5.74, 6) is 0.777. The lowest BCUT2D eigenvalue weighted by molar-refractivity contribution is 0.957. The molecule has 0 spiro atoms. The minimum absolute atomic E-state index is 0.370. The van der Waals surface area contributed by atoms with Gasteiger partial charge in [0.05, 0.1) is 22.1 Å². The quantitative estimate of drug-likeness (QED) is 0.125. The Labute approximate surface area is 219 Å². The summed E-state index contributed by atoms with van der Waals surface area (Å²) in [6, 6.07) is 23.5. The van der Waals surface area contributed by atoms with Crippen molar-refractivity contribution in [1.82, 2.24) is 19.5 Å². The Morgan fingerprint density at radius 1 is 0.789 bits per heavy atom. The normalized spacial score (nSPS) is 11.2. The molecule has 0 radical (unpaired) electrons. The second-order valence-corrected chi connectivity index (χ2v) is 8.90. The molecular weight excluding hydrogens is 472 g/mol. The van der Waals surface area contributed by atoms with E-state index in [1.165, 1.54) is 0 Å². The van der Waals surface area contributed by atoms with Gasteiger partial charge in [0, 0.05) is 53.2 Å². The molecule has 0 aliphatic carbocycles. The van der Waals surface area contributed by atoms with E-state index in [2.05, 4.69) is 62.0 Å². The molecular formula is C31H24N6O. The van der Waals surface area contributed by atoms with E-state index in [1.807, 2.05) is 48.6 Å². The Kier molecular flexibility index (Phi) is 5.94. The van der Waals surface area contributed by atoms with Crippen LogP contribution in [0.2, 0.25) is 0 Å². The summed E-state index contributed by atoms with van der Waals surface area (Å²) in [5, 5.41) is 4.95. The van der Waals surface area contributed by atoms with E-state index in [1.54, 1.807) is 24.5 Å². The Bertz CT molecular complexity index is 1810. The smallest absolute Gasteiger partial charge is 0.145 e. The Morgan fingerprint density at radius 3 is 2.05 bits per heavy atom. The molecule has 7 heteroatoms. The summed E-state index contributed by atoms with van der Waals surface area (Å²) in [6.45, 7) is 9.20. The lowest BCUT2D eigenvalue weighted by atomic mass is 10.1. The van der Waals surface area contributed by atoms with Crippen LogP contribution in [0.5, 0.6) is 0 Å². The van der Waals surface area contributed by atoms with Crippen molar-refractivity contribution in [3.05, 3.63) is 115 Å². The highest BCUT2D eigenvalue weighted by Gasteiger charge is 2.21.